The lowest BCUT2D eigenvalue weighted by atomic mass is 10.1. The highest BCUT2D eigenvalue weighted by molar-refractivity contribution is 7.89. The Kier molecular flexibility index (Phi) is 3.64. The first-order valence-corrected chi connectivity index (χ1v) is 7.61. The van der Waals surface area contributed by atoms with E-state index in [0.717, 1.165) is 6.42 Å². The highest BCUT2D eigenvalue weighted by Crippen LogP contribution is 2.19. The third-order valence-electron chi connectivity index (χ3n) is 3.29. The monoisotopic (exact) mass is 286 g/mol. The van der Waals surface area contributed by atoms with E-state index in [4.69, 9.17) is 0 Å². The number of piperidine rings is 1. The maximum atomic E-state index is 12.4. The first kappa shape index (κ1) is 14.0. The molecule has 0 radical (unpaired) electrons. The number of hydrogen-bond acceptors (Lipinski definition) is 4. The highest BCUT2D eigenvalue weighted by atomic mass is 32.2. The molecule has 0 spiro atoms. The van der Waals surface area contributed by atoms with E-state index in [1.54, 1.807) is 20.9 Å². The molecule has 1 atom stereocenters. The average Bonchev–Trinajstić information content (AvgIpc) is 2.56. The van der Waals surface area contributed by atoms with Crippen molar-refractivity contribution >= 4 is 15.9 Å². The molecule has 1 aliphatic rings. The van der Waals surface area contributed by atoms with Gasteiger partial charge in [0.25, 0.3) is 0 Å². The van der Waals surface area contributed by atoms with Crippen molar-refractivity contribution < 1.29 is 13.2 Å². The van der Waals surface area contributed by atoms with Gasteiger partial charge in [0.05, 0.1) is 11.4 Å². The number of hydrogen-bond donors (Lipinski definition) is 2. The van der Waals surface area contributed by atoms with E-state index in [1.165, 1.54) is 4.68 Å². The van der Waals surface area contributed by atoms with Crippen molar-refractivity contribution in [3.8, 4) is 0 Å². The lowest BCUT2D eigenvalue weighted by Crippen LogP contribution is -2.50. The zero-order valence-corrected chi connectivity index (χ0v) is 12.0. The molecule has 106 valence electrons. The summed E-state index contributed by atoms with van der Waals surface area (Å²) >= 11 is 0. The molecule has 2 heterocycles. The number of rotatable bonds is 3. The Balaban J connectivity index is 2.30. The van der Waals surface area contributed by atoms with E-state index < -0.39 is 16.1 Å². The largest absolute Gasteiger partial charge is 0.355 e. The van der Waals surface area contributed by atoms with Gasteiger partial charge in [-0.2, -0.15) is 9.82 Å². The number of aromatic nitrogens is 2. The number of sulfonamides is 1. The molecule has 0 bridgehead atoms. The van der Waals surface area contributed by atoms with Crippen LogP contribution in [0.5, 0.6) is 0 Å². The van der Waals surface area contributed by atoms with Crippen LogP contribution in [0, 0.1) is 13.8 Å². The summed E-state index contributed by atoms with van der Waals surface area (Å²) in [5.41, 5.74) is 0.991. The molecule has 19 heavy (non-hydrogen) atoms. The van der Waals surface area contributed by atoms with Crippen LogP contribution in [0.4, 0.5) is 0 Å². The van der Waals surface area contributed by atoms with Gasteiger partial charge >= 0.3 is 0 Å². The van der Waals surface area contributed by atoms with Gasteiger partial charge in [0, 0.05) is 13.6 Å². The van der Waals surface area contributed by atoms with Crippen LogP contribution in [0.25, 0.3) is 0 Å². The lowest BCUT2D eigenvalue weighted by Gasteiger charge is -2.22. The molecule has 0 aliphatic carbocycles. The third-order valence-corrected chi connectivity index (χ3v) is 5.02. The summed E-state index contributed by atoms with van der Waals surface area (Å²) in [7, 11) is -2.04. The fourth-order valence-corrected chi connectivity index (χ4v) is 3.94. The molecule has 0 aromatic carbocycles. The molecule has 1 saturated heterocycles. The van der Waals surface area contributed by atoms with E-state index in [2.05, 4.69) is 15.1 Å². The molecule has 2 N–H and O–H groups in total. The van der Waals surface area contributed by atoms with Crippen molar-refractivity contribution in [1.82, 2.24) is 19.8 Å². The van der Waals surface area contributed by atoms with E-state index in [9.17, 15) is 13.2 Å². The Bertz CT molecular complexity index is 606. The summed E-state index contributed by atoms with van der Waals surface area (Å²) in [6.07, 6.45) is 1.29. The first-order chi connectivity index (χ1) is 8.83. The molecular weight excluding hydrogens is 268 g/mol. The van der Waals surface area contributed by atoms with E-state index >= 15 is 0 Å². The molecule has 1 amide bonds. The van der Waals surface area contributed by atoms with Crippen molar-refractivity contribution in [2.75, 3.05) is 6.54 Å². The van der Waals surface area contributed by atoms with E-state index in [0.29, 0.717) is 24.4 Å². The van der Waals surface area contributed by atoms with Crippen LogP contribution in [0.1, 0.15) is 24.2 Å². The Morgan fingerprint density at radius 1 is 1.42 bits per heavy atom. The minimum atomic E-state index is -3.73. The Morgan fingerprint density at radius 3 is 2.63 bits per heavy atom. The van der Waals surface area contributed by atoms with Crippen molar-refractivity contribution in [2.45, 2.75) is 37.6 Å². The van der Waals surface area contributed by atoms with Gasteiger partial charge < -0.3 is 5.32 Å². The highest BCUT2D eigenvalue weighted by Gasteiger charge is 2.30. The van der Waals surface area contributed by atoms with Crippen molar-refractivity contribution in [2.24, 2.45) is 7.05 Å². The molecule has 1 fully saturated rings. The van der Waals surface area contributed by atoms with Gasteiger partial charge in [-0.05, 0) is 26.7 Å². The smallest absolute Gasteiger partial charge is 0.244 e. The normalized spacial score (nSPS) is 20.4. The summed E-state index contributed by atoms with van der Waals surface area (Å²) in [4.78, 5) is 11.8. The quantitative estimate of drug-likeness (QED) is 0.790. The second kappa shape index (κ2) is 4.93. The summed E-state index contributed by atoms with van der Waals surface area (Å²) in [5, 5.41) is 6.74. The predicted molar refractivity (Wildman–Crippen MR) is 69.0 cm³/mol. The Hall–Kier alpha value is -1.41. The zero-order chi connectivity index (χ0) is 14.2. The summed E-state index contributed by atoms with van der Waals surface area (Å²) < 4.78 is 28.7. The minimum absolute atomic E-state index is 0.161. The number of nitrogens with zero attached hydrogens (tertiary/aromatic N) is 2. The maximum absolute atomic E-state index is 12.4. The lowest BCUT2D eigenvalue weighted by molar-refractivity contribution is -0.124. The van der Waals surface area contributed by atoms with Crippen LogP contribution in [0.2, 0.25) is 0 Å². The van der Waals surface area contributed by atoms with Crippen LogP contribution in [0.3, 0.4) is 0 Å². The molecule has 8 heteroatoms. The number of carbonyl (C=O) groups is 1. The van der Waals surface area contributed by atoms with Crippen LogP contribution >= 0.6 is 0 Å². The van der Waals surface area contributed by atoms with Crippen LogP contribution in [-0.2, 0) is 21.9 Å². The predicted octanol–water partition coefficient (Wildman–Crippen LogP) is -0.406. The van der Waals surface area contributed by atoms with Gasteiger partial charge in [-0.25, -0.2) is 8.42 Å². The fourth-order valence-electron chi connectivity index (χ4n) is 2.27. The SMILES string of the molecule is Cc1nn(C)c(C)c1S(=O)(=O)NC1CCCNC1=O. The molecule has 1 aromatic heterocycles. The molecule has 1 aliphatic heterocycles. The number of amides is 1. The molecular formula is C11H18N4O3S. The third kappa shape index (κ3) is 2.64. The second-order valence-corrected chi connectivity index (χ2v) is 6.38. The van der Waals surface area contributed by atoms with Crippen LogP contribution in [-0.4, -0.2) is 36.7 Å². The summed E-state index contributed by atoms with van der Waals surface area (Å²) in [5.74, 6) is -0.269. The van der Waals surface area contributed by atoms with Gasteiger partial charge in [-0.3, -0.25) is 9.48 Å². The van der Waals surface area contributed by atoms with Crippen molar-refractivity contribution in [1.29, 1.82) is 0 Å². The number of aryl methyl sites for hydroxylation is 2. The van der Waals surface area contributed by atoms with Gasteiger partial charge in [-0.1, -0.05) is 0 Å². The van der Waals surface area contributed by atoms with E-state index in [1.807, 2.05) is 0 Å². The molecule has 0 saturated carbocycles. The molecule has 2 rings (SSSR count). The molecule has 1 aromatic rings. The van der Waals surface area contributed by atoms with E-state index in [-0.39, 0.29) is 10.8 Å². The summed E-state index contributed by atoms with van der Waals surface area (Å²) in [6.45, 7) is 3.93. The zero-order valence-electron chi connectivity index (χ0n) is 11.2. The maximum Gasteiger partial charge on any atom is 0.244 e. The van der Waals surface area contributed by atoms with Crippen molar-refractivity contribution in [3.63, 3.8) is 0 Å². The first-order valence-electron chi connectivity index (χ1n) is 6.13. The summed E-state index contributed by atoms with van der Waals surface area (Å²) in [6, 6.07) is -0.697. The van der Waals surface area contributed by atoms with Gasteiger partial charge in [0.1, 0.15) is 10.9 Å². The number of carbonyl (C=O) groups excluding carboxylic acids is 1. The molecule has 7 nitrogen and oxygen atoms in total. The Labute approximate surface area is 112 Å². The van der Waals surface area contributed by atoms with Crippen molar-refractivity contribution in [3.05, 3.63) is 11.4 Å². The van der Waals surface area contributed by atoms with Gasteiger partial charge in [0.2, 0.25) is 15.9 Å². The average molecular weight is 286 g/mol. The minimum Gasteiger partial charge on any atom is -0.355 e. The number of nitrogens with one attached hydrogen (secondary N) is 2. The molecule has 1 unspecified atom stereocenters. The standard InChI is InChI=1S/C11H18N4O3S/c1-7-10(8(2)15(3)13-7)19(17,18)14-9-5-4-6-12-11(9)16/h9,14H,4-6H2,1-3H3,(H,12,16). The van der Waals surface area contributed by atoms with Gasteiger partial charge in [-0.15, -0.1) is 0 Å². The topological polar surface area (TPSA) is 93.1 Å². The van der Waals surface area contributed by atoms with Crippen LogP contribution < -0.4 is 10.0 Å². The fraction of sp³-hybridized carbons (Fsp3) is 0.636. The van der Waals surface area contributed by atoms with Crippen LogP contribution in [0.15, 0.2) is 4.90 Å². The second-order valence-electron chi connectivity index (χ2n) is 4.73. The van der Waals surface area contributed by atoms with Gasteiger partial charge in [0.15, 0.2) is 0 Å². The Morgan fingerprint density at radius 2 is 2.11 bits per heavy atom.